The summed E-state index contributed by atoms with van der Waals surface area (Å²) in [6, 6.07) is 3.08. The second kappa shape index (κ2) is 3.81. The molecule has 0 spiro atoms. The van der Waals surface area contributed by atoms with Crippen molar-refractivity contribution in [3.05, 3.63) is 18.3 Å². The van der Waals surface area contributed by atoms with Crippen molar-refractivity contribution in [2.45, 2.75) is 5.51 Å². The Bertz CT molecular complexity index is 650. The van der Waals surface area contributed by atoms with E-state index in [2.05, 4.69) is 13.5 Å². The summed E-state index contributed by atoms with van der Waals surface area (Å²) in [6.45, 7) is 0. The van der Waals surface area contributed by atoms with Crippen LogP contribution in [-0.4, -0.2) is 23.3 Å². The van der Waals surface area contributed by atoms with Crippen LogP contribution in [0.5, 0.6) is 5.88 Å². The summed E-state index contributed by atoms with van der Waals surface area (Å²) in [7, 11) is -5.71. The molecule has 0 unspecified atom stereocenters. The minimum Gasteiger partial charge on any atom is -0.352 e. The van der Waals surface area contributed by atoms with Crippen LogP contribution in [0.4, 0.5) is 13.2 Å². The lowest BCUT2D eigenvalue weighted by Gasteiger charge is -2.06. The molecule has 0 atom stereocenters. The van der Waals surface area contributed by atoms with Gasteiger partial charge in [-0.15, -0.1) is 0 Å². The van der Waals surface area contributed by atoms with Gasteiger partial charge < -0.3 is 4.18 Å². The van der Waals surface area contributed by atoms with E-state index >= 15 is 0 Å². The van der Waals surface area contributed by atoms with Gasteiger partial charge in [-0.2, -0.15) is 26.0 Å². The van der Waals surface area contributed by atoms with Crippen molar-refractivity contribution < 1.29 is 25.8 Å². The first-order chi connectivity index (χ1) is 7.81. The van der Waals surface area contributed by atoms with Gasteiger partial charge in [-0.25, -0.2) is 4.98 Å². The summed E-state index contributed by atoms with van der Waals surface area (Å²) in [6.07, 6.45) is 1.30. The molecule has 92 valence electrons. The minimum atomic E-state index is -5.71. The summed E-state index contributed by atoms with van der Waals surface area (Å²) >= 11 is 0.796. The van der Waals surface area contributed by atoms with Gasteiger partial charge in [-0.3, -0.25) is 0 Å². The zero-order valence-corrected chi connectivity index (χ0v) is 9.43. The summed E-state index contributed by atoms with van der Waals surface area (Å²) in [5.74, 6) is -0.664. The van der Waals surface area contributed by atoms with Crippen LogP contribution in [-0.2, 0) is 10.1 Å². The predicted octanol–water partition coefficient (Wildman–Crippen LogP) is 1.92. The smallest absolute Gasteiger partial charge is 0.352 e. The predicted molar refractivity (Wildman–Crippen MR) is 53.0 cm³/mol. The van der Waals surface area contributed by atoms with Crippen molar-refractivity contribution in [3.8, 4) is 5.88 Å². The third-order valence-corrected chi connectivity index (χ3v) is 3.40. The molecule has 0 N–H and O–H groups in total. The van der Waals surface area contributed by atoms with Crippen LogP contribution in [0.2, 0.25) is 0 Å². The van der Waals surface area contributed by atoms with Crippen LogP contribution in [0.1, 0.15) is 0 Å². The first-order valence-electron chi connectivity index (χ1n) is 4.02. The maximum atomic E-state index is 12.1. The molecule has 0 amide bonds. The Hall–Kier alpha value is -1.42. The third kappa shape index (κ3) is 2.17. The van der Waals surface area contributed by atoms with Crippen LogP contribution in [0, 0.1) is 0 Å². The number of hydrogen-bond donors (Lipinski definition) is 0. The first kappa shape index (κ1) is 12.0. The fourth-order valence-electron chi connectivity index (χ4n) is 0.965. The molecule has 17 heavy (non-hydrogen) atoms. The van der Waals surface area contributed by atoms with Crippen LogP contribution in [0.15, 0.2) is 18.3 Å². The molecule has 0 fully saturated rings. The van der Waals surface area contributed by atoms with Gasteiger partial charge in [-0.05, 0) is 23.7 Å². The highest BCUT2D eigenvalue weighted by atomic mass is 32.2. The average Bonchev–Trinajstić information content (AvgIpc) is 2.60. The minimum absolute atomic E-state index is 0.0228. The van der Waals surface area contributed by atoms with Gasteiger partial charge in [0.05, 0.1) is 4.70 Å². The van der Waals surface area contributed by atoms with E-state index in [4.69, 9.17) is 0 Å². The van der Waals surface area contributed by atoms with Crippen molar-refractivity contribution in [2.24, 2.45) is 0 Å². The Morgan fingerprint density at radius 2 is 2.06 bits per heavy atom. The highest BCUT2D eigenvalue weighted by Gasteiger charge is 2.49. The Labute approximate surface area is 97.1 Å². The topological polar surface area (TPSA) is 69.2 Å². The summed E-state index contributed by atoms with van der Waals surface area (Å²) in [4.78, 5) is 3.70. The van der Waals surface area contributed by atoms with Gasteiger partial charge in [-0.1, -0.05) is 0 Å². The lowest BCUT2D eigenvalue weighted by Crippen LogP contribution is -2.28. The van der Waals surface area contributed by atoms with Gasteiger partial charge in [0, 0.05) is 6.20 Å². The molecule has 0 aromatic carbocycles. The SMILES string of the molecule is O=S(=O)(Oc1nsc2cccnc12)C(F)(F)F. The molecular weight excluding hydrogens is 281 g/mol. The highest BCUT2D eigenvalue weighted by molar-refractivity contribution is 7.88. The second-order valence-corrected chi connectivity index (χ2v) is 5.16. The number of rotatable bonds is 2. The van der Waals surface area contributed by atoms with E-state index in [0.29, 0.717) is 4.70 Å². The monoisotopic (exact) mass is 284 g/mol. The van der Waals surface area contributed by atoms with Crippen LogP contribution < -0.4 is 4.18 Å². The van der Waals surface area contributed by atoms with Crippen LogP contribution in [0.3, 0.4) is 0 Å². The first-order valence-corrected chi connectivity index (χ1v) is 6.20. The molecule has 2 aromatic heterocycles. The van der Waals surface area contributed by atoms with Crippen LogP contribution in [0.25, 0.3) is 10.2 Å². The van der Waals surface area contributed by atoms with E-state index in [1.165, 1.54) is 12.3 Å². The Morgan fingerprint density at radius 3 is 2.71 bits per heavy atom. The Kier molecular flexibility index (Phi) is 2.70. The van der Waals surface area contributed by atoms with E-state index in [-0.39, 0.29) is 5.52 Å². The maximum Gasteiger partial charge on any atom is 0.534 e. The molecule has 2 rings (SSSR count). The van der Waals surface area contributed by atoms with Gasteiger partial charge in [0.25, 0.3) is 5.88 Å². The van der Waals surface area contributed by atoms with Gasteiger partial charge >= 0.3 is 15.6 Å². The lowest BCUT2D eigenvalue weighted by atomic mass is 10.4. The molecule has 2 aromatic rings. The van der Waals surface area contributed by atoms with E-state index in [1.54, 1.807) is 6.07 Å². The van der Waals surface area contributed by atoms with E-state index in [0.717, 1.165) is 11.5 Å². The van der Waals surface area contributed by atoms with Crippen molar-refractivity contribution in [1.29, 1.82) is 0 Å². The molecule has 0 aliphatic heterocycles. The van der Waals surface area contributed by atoms with Crippen molar-refractivity contribution >= 4 is 31.9 Å². The largest absolute Gasteiger partial charge is 0.534 e. The van der Waals surface area contributed by atoms with Crippen LogP contribution >= 0.6 is 11.5 Å². The molecule has 10 heteroatoms. The second-order valence-electron chi connectivity index (χ2n) is 2.82. The number of hydrogen-bond acceptors (Lipinski definition) is 6. The van der Waals surface area contributed by atoms with Gasteiger partial charge in [0.2, 0.25) is 0 Å². The fraction of sp³-hybridized carbons (Fsp3) is 0.143. The molecule has 2 heterocycles. The van der Waals surface area contributed by atoms with Crippen molar-refractivity contribution in [3.63, 3.8) is 0 Å². The number of aromatic nitrogens is 2. The number of pyridine rings is 1. The zero-order valence-electron chi connectivity index (χ0n) is 7.80. The third-order valence-electron chi connectivity index (χ3n) is 1.67. The Morgan fingerprint density at radius 1 is 1.35 bits per heavy atom. The summed E-state index contributed by atoms with van der Waals surface area (Å²) < 4.78 is 65.5. The average molecular weight is 284 g/mol. The molecule has 5 nitrogen and oxygen atoms in total. The number of alkyl halides is 3. The van der Waals surface area contributed by atoms with Gasteiger partial charge in [0.1, 0.15) is 5.52 Å². The van der Waals surface area contributed by atoms with Gasteiger partial charge in [0.15, 0.2) is 0 Å². The normalized spacial score (nSPS) is 12.9. The number of nitrogens with zero attached hydrogens (tertiary/aromatic N) is 2. The highest BCUT2D eigenvalue weighted by Crippen LogP contribution is 2.31. The number of halogens is 3. The zero-order chi connectivity index (χ0) is 12.7. The van der Waals surface area contributed by atoms with E-state index in [9.17, 15) is 21.6 Å². The molecule has 0 saturated heterocycles. The van der Waals surface area contributed by atoms with E-state index < -0.39 is 21.5 Å². The standard InChI is InChI=1S/C7H3F3N2O3S2/c8-7(9,10)17(13,14)15-6-5-4(16-12-6)2-1-3-11-5/h1-3H. The number of fused-ring (bicyclic) bond motifs is 1. The molecule has 0 radical (unpaired) electrons. The summed E-state index contributed by atoms with van der Waals surface area (Å²) in [5.41, 5.74) is -5.51. The van der Waals surface area contributed by atoms with Crippen molar-refractivity contribution in [1.82, 2.24) is 9.36 Å². The molecule has 0 saturated carbocycles. The molecular formula is C7H3F3N2O3S2. The lowest BCUT2D eigenvalue weighted by molar-refractivity contribution is -0.0500. The summed E-state index contributed by atoms with van der Waals surface area (Å²) in [5, 5.41) is 0. The molecule has 0 aliphatic rings. The Balaban J connectivity index is 2.44. The fourth-order valence-corrected chi connectivity index (χ4v) is 2.10. The molecule has 0 aliphatic carbocycles. The maximum absolute atomic E-state index is 12.1. The van der Waals surface area contributed by atoms with Crippen molar-refractivity contribution in [2.75, 3.05) is 0 Å². The quantitative estimate of drug-likeness (QED) is 0.622. The van der Waals surface area contributed by atoms with E-state index in [1.807, 2.05) is 0 Å². The molecule has 0 bridgehead atoms.